The summed E-state index contributed by atoms with van der Waals surface area (Å²) in [5.41, 5.74) is 3.41. The van der Waals surface area contributed by atoms with Gasteiger partial charge in [-0.1, -0.05) is 30.7 Å². The molecular weight excluding hydrogens is 288 g/mol. The molecule has 0 aliphatic rings. The molecule has 0 aliphatic carbocycles. The van der Waals surface area contributed by atoms with Crippen LogP contribution in [0.5, 0.6) is 0 Å². The number of nitrogens with one attached hydrogen (secondary N) is 1. The molecule has 1 N–H and O–H groups in total. The fourth-order valence-electron chi connectivity index (χ4n) is 2.05. The first-order chi connectivity index (χ1) is 9.52. The zero-order valence-electron chi connectivity index (χ0n) is 12.5. The summed E-state index contributed by atoms with van der Waals surface area (Å²) < 4.78 is 0. The monoisotopic (exact) mass is 308 g/mol. The number of halogens is 1. The number of rotatable bonds is 5. The van der Waals surface area contributed by atoms with Gasteiger partial charge in [0.05, 0.1) is 11.7 Å². The van der Waals surface area contributed by atoms with Crippen LogP contribution in [0.3, 0.4) is 0 Å². The lowest BCUT2D eigenvalue weighted by Gasteiger charge is -2.17. The van der Waals surface area contributed by atoms with Crippen molar-refractivity contribution in [2.24, 2.45) is 0 Å². The predicted molar refractivity (Wildman–Crippen MR) is 87.9 cm³/mol. The molecule has 1 atom stereocenters. The van der Waals surface area contributed by atoms with Gasteiger partial charge in [-0.25, -0.2) is 4.98 Å². The van der Waals surface area contributed by atoms with Crippen LogP contribution in [0.2, 0.25) is 5.02 Å². The van der Waals surface area contributed by atoms with Crippen LogP contribution in [-0.2, 0) is 0 Å². The van der Waals surface area contributed by atoms with Gasteiger partial charge < -0.3 is 5.32 Å². The molecule has 1 unspecified atom stereocenters. The van der Waals surface area contributed by atoms with E-state index in [0.717, 1.165) is 34.3 Å². The predicted octanol–water partition coefficient (Wildman–Crippen LogP) is 4.81. The van der Waals surface area contributed by atoms with Crippen molar-refractivity contribution in [1.82, 2.24) is 10.3 Å². The molecule has 0 fully saturated rings. The van der Waals surface area contributed by atoms with E-state index in [4.69, 9.17) is 16.6 Å². The lowest BCUT2D eigenvalue weighted by molar-refractivity contribution is 0.595. The van der Waals surface area contributed by atoms with Crippen molar-refractivity contribution >= 4 is 22.9 Å². The molecule has 20 heavy (non-hydrogen) atoms. The molecule has 4 heteroatoms. The molecule has 0 saturated carbocycles. The number of hydrogen-bond donors (Lipinski definition) is 1. The standard InChI is InChI=1S/C16H21ClN2S/c1-5-8-18-15(16-19-11(3)12(4)20-16)13-7-6-10(2)14(17)9-13/h6-7,9,15,18H,5,8H2,1-4H3. The summed E-state index contributed by atoms with van der Waals surface area (Å²) >= 11 is 8.03. The van der Waals surface area contributed by atoms with Gasteiger partial charge in [0, 0.05) is 9.90 Å². The van der Waals surface area contributed by atoms with Crippen LogP contribution in [0.15, 0.2) is 18.2 Å². The maximum atomic E-state index is 6.27. The van der Waals surface area contributed by atoms with Gasteiger partial charge in [-0.05, 0) is 50.9 Å². The van der Waals surface area contributed by atoms with Crippen molar-refractivity contribution in [3.05, 3.63) is 49.9 Å². The largest absolute Gasteiger partial charge is 0.304 e. The van der Waals surface area contributed by atoms with E-state index in [0.29, 0.717) is 0 Å². The summed E-state index contributed by atoms with van der Waals surface area (Å²) in [6.07, 6.45) is 1.10. The zero-order valence-corrected chi connectivity index (χ0v) is 14.0. The molecule has 0 bridgehead atoms. The molecule has 1 aromatic carbocycles. The maximum absolute atomic E-state index is 6.27. The third-order valence-electron chi connectivity index (χ3n) is 3.42. The average molecular weight is 309 g/mol. The van der Waals surface area contributed by atoms with Gasteiger partial charge in [-0.2, -0.15) is 0 Å². The fourth-order valence-corrected chi connectivity index (χ4v) is 3.26. The topological polar surface area (TPSA) is 24.9 Å². The highest BCUT2D eigenvalue weighted by Gasteiger charge is 2.18. The minimum atomic E-state index is 0.130. The Kier molecular flexibility index (Phi) is 5.19. The van der Waals surface area contributed by atoms with Gasteiger partial charge in [-0.3, -0.25) is 0 Å². The van der Waals surface area contributed by atoms with Gasteiger partial charge in [-0.15, -0.1) is 11.3 Å². The van der Waals surface area contributed by atoms with Crippen LogP contribution in [0.4, 0.5) is 0 Å². The van der Waals surface area contributed by atoms with Gasteiger partial charge in [0.1, 0.15) is 5.01 Å². The molecule has 0 saturated heterocycles. The zero-order chi connectivity index (χ0) is 14.7. The third-order valence-corrected chi connectivity index (χ3v) is 4.96. The van der Waals surface area contributed by atoms with Crippen molar-refractivity contribution in [3.63, 3.8) is 0 Å². The number of aromatic nitrogens is 1. The Hall–Kier alpha value is -0.900. The van der Waals surface area contributed by atoms with E-state index < -0.39 is 0 Å². The molecule has 1 aromatic heterocycles. The second-order valence-corrected chi connectivity index (χ2v) is 6.73. The molecule has 2 rings (SSSR count). The van der Waals surface area contributed by atoms with E-state index in [1.165, 1.54) is 10.4 Å². The van der Waals surface area contributed by atoms with E-state index in [2.05, 4.69) is 44.3 Å². The fraction of sp³-hybridized carbons (Fsp3) is 0.438. The van der Waals surface area contributed by atoms with Crippen molar-refractivity contribution in [1.29, 1.82) is 0 Å². The Labute approximate surface area is 130 Å². The smallest absolute Gasteiger partial charge is 0.115 e. The second kappa shape index (κ2) is 6.70. The summed E-state index contributed by atoms with van der Waals surface area (Å²) in [5.74, 6) is 0. The Bertz CT molecular complexity index is 573. The van der Waals surface area contributed by atoms with Crippen LogP contribution in [0.25, 0.3) is 0 Å². The van der Waals surface area contributed by atoms with Crippen LogP contribution >= 0.6 is 22.9 Å². The molecule has 1 heterocycles. The van der Waals surface area contributed by atoms with Crippen molar-refractivity contribution in [2.45, 2.75) is 40.2 Å². The van der Waals surface area contributed by atoms with Crippen molar-refractivity contribution in [2.75, 3.05) is 6.54 Å². The summed E-state index contributed by atoms with van der Waals surface area (Å²) in [7, 11) is 0. The second-order valence-electron chi connectivity index (χ2n) is 5.09. The molecule has 0 amide bonds. The van der Waals surface area contributed by atoms with Crippen LogP contribution in [0, 0.1) is 20.8 Å². The van der Waals surface area contributed by atoms with Gasteiger partial charge in [0.15, 0.2) is 0 Å². The van der Waals surface area contributed by atoms with E-state index in [-0.39, 0.29) is 6.04 Å². The van der Waals surface area contributed by atoms with Gasteiger partial charge in [0.2, 0.25) is 0 Å². The van der Waals surface area contributed by atoms with E-state index in [9.17, 15) is 0 Å². The maximum Gasteiger partial charge on any atom is 0.115 e. The summed E-state index contributed by atoms with van der Waals surface area (Å²) in [6, 6.07) is 6.40. The summed E-state index contributed by atoms with van der Waals surface area (Å²) in [6.45, 7) is 9.35. The molecular formula is C16H21ClN2S. The summed E-state index contributed by atoms with van der Waals surface area (Å²) in [5, 5.41) is 5.51. The Morgan fingerprint density at radius 1 is 1.30 bits per heavy atom. The van der Waals surface area contributed by atoms with E-state index in [1.54, 1.807) is 11.3 Å². The molecule has 0 spiro atoms. The van der Waals surface area contributed by atoms with Gasteiger partial charge in [0.25, 0.3) is 0 Å². The number of thiazole rings is 1. The lowest BCUT2D eigenvalue weighted by Crippen LogP contribution is -2.23. The van der Waals surface area contributed by atoms with E-state index >= 15 is 0 Å². The van der Waals surface area contributed by atoms with Gasteiger partial charge >= 0.3 is 0 Å². The highest BCUT2D eigenvalue weighted by atomic mass is 35.5. The first-order valence-corrected chi connectivity index (χ1v) is 8.15. The lowest BCUT2D eigenvalue weighted by atomic mass is 10.1. The normalized spacial score (nSPS) is 12.7. The molecule has 108 valence electrons. The number of aryl methyl sites for hydroxylation is 3. The minimum Gasteiger partial charge on any atom is -0.304 e. The van der Waals surface area contributed by atoms with Crippen molar-refractivity contribution < 1.29 is 0 Å². The summed E-state index contributed by atoms with van der Waals surface area (Å²) in [4.78, 5) is 5.98. The Balaban J connectivity index is 2.38. The first-order valence-electron chi connectivity index (χ1n) is 6.96. The molecule has 2 aromatic rings. The number of nitrogens with zero attached hydrogens (tertiary/aromatic N) is 1. The highest BCUT2D eigenvalue weighted by Crippen LogP contribution is 2.30. The van der Waals surface area contributed by atoms with E-state index in [1.807, 2.05) is 6.92 Å². The van der Waals surface area contributed by atoms with Crippen LogP contribution < -0.4 is 5.32 Å². The quantitative estimate of drug-likeness (QED) is 0.857. The van der Waals surface area contributed by atoms with Crippen LogP contribution in [0.1, 0.15) is 46.1 Å². The minimum absolute atomic E-state index is 0.130. The SMILES string of the molecule is CCCNC(c1ccc(C)c(Cl)c1)c1nc(C)c(C)s1. The van der Waals surface area contributed by atoms with Crippen LogP contribution in [-0.4, -0.2) is 11.5 Å². The number of benzene rings is 1. The first kappa shape index (κ1) is 15.5. The third kappa shape index (κ3) is 3.40. The van der Waals surface area contributed by atoms with Crippen molar-refractivity contribution in [3.8, 4) is 0 Å². The average Bonchev–Trinajstić information content (AvgIpc) is 2.74. The molecule has 0 aliphatic heterocycles. The number of hydrogen-bond acceptors (Lipinski definition) is 3. The molecule has 0 radical (unpaired) electrons. The Morgan fingerprint density at radius 2 is 2.05 bits per heavy atom. The Morgan fingerprint density at radius 3 is 2.60 bits per heavy atom. The highest BCUT2D eigenvalue weighted by molar-refractivity contribution is 7.11. The molecule has 2 nitrogen and oxygen atoms in total.